The molecule has 4 nitrogen and oxygen atoms in total. The molecular weight excluding hydrogens is 208 g/mol. The van der Waals surface area contributed by atoms with Gasteiger partial charge in [0.15, 0.2) is 5.41 Å². The zero-order chi connectivity index (χ0) is 13.1. The maximum Gasteiger partial charge on any atom is 0.321 e. The van der Waals surface area contributed by atoms with Gasteiger partial charge in [-0.15, -0.1) is 0 Å². The summed E-state index contributed by atoms with van der Waals surface area (Å²) in [7, 11) is 0. The summed E-state index contributed by atoms with van der Waals surface area (Å²) in [5.74, 6) is -2.50. The maximum absolute atomic E-state index is 11.2. The van der Waals surface area contributed by atoms with Crippen LogP contribution in [0, 0.1) is 16.7 Å². The highest BCUT2D eigenvalue weighted by Gasteiger charge is 2.55. The van der Waals surface area contributed by atoms with Gasteiger partial charge in [-0.05, 0) is 18.3 Å². The van der Waals surface area contributed by atoms with Crippen molar-refractivity contribution in [3.8, 4) is 0 Å². The highest BCUT2D eigenvalue weighted by molar-refractivity contribution is 5.98. The predicted octanol–water partition coefficient (Wildman–Crippen LogP) is 2.62. The number of carboxylic acid groups (broad SMARTS) is 2. The van der Waals surface area contributed by atoms with Gasteiger partial charge in [-0.1, -0.05) is 40.5 Å². The number of hydrogen-bond donors (Lipinski definition) is 2. The van der Waals surface area contributed by atoms with Gasteiger partial charge in [0.2, 0.25) is 0 Å². The Morgan fingerprint density at radius 3 is 1.75 bits per heavy atom. The molecule has 1 unspecified atom stereocenters. The molecule has 0 spiro atoms. The molecule has 0 aliphatic rings. The van der Waals surface area contributed by atoms with Crippen molar-refractivity contribution in [3.63, 3.8) is 0 Å². The quantitative estimate of drug-likeness (QED) is 0.688. The topological polar surface area (TPSA) is 74.6 Å². The van der Waals surface area contributed by atoms with Crippen molar-refractivity contribution in [1.82, 2.24) is 0 Å². The molecule has 2 N–H and O–H groups in total. The highest BCUT2D eigenvalue weighted by Crippen LogP contribution is 2.46. The summed E-state index contributed by atoms with van der Waals surface area (Å²) in [6.07, 6.45) is 1.74. The van der Waals surface area contributed by atoms with Gasteiger partial charge in [0.1, 0.15) is 0 Å². The van der Waals surface area contributed by atoms with Crippen LogP contribution in [0.1, 0.15) is 47.5 Å². The van der Waals surface area contributed by atoms with Crippen molar-refractivity contribution in [3.05, 3.63) is 0 Å². The van der Waals surface area contributed by atoms with Crippen LogP contribution in [0.4, 0.5) is 0 Å². The fourth-order valence-electron chi connectivity index (χ4n) is 1.93. The smallest absolute Gasteiger partial charge is 0.321 e. The Hall–Kier alpha value is -1.06. The van der Waals surface area contributed by atoms with Gasteiger partial charge in [-0.25, -0.2) is 0 Å². The molecule has 0 fully saturated rings. The molecule has 0 aromatic rings. The zero-order valence-electron chi connectivity index (χ0n) is 10.7. The Balaban J connectivity index is 5.36. The molecule has 0 aromatic carbocycles. The standard InChI is InChI=1S/C12H22O4/c1-6-7-8(2)11(3,4)12(5,9(13)14)10(15)16/h8H,6-7H2,1-5H3,(H,13,14)(H,15,16). The van der Waals surface area contributed by atoms with E-state index in [1.54, 1.807) is 13.8 Å². The second kappa shape index (κ2) is 4.85. The lowest BCUT2D eigenvalue weighted by Crippen LogP contribution is -2.51. The van der Waals surface area contributed by atoms with Crippen LogP contribution >= 0.6 is 0 Å². The normalized spacial score (nSPS) is 14.6. The molecule has 0 amide bonds. The maximum atomic E-state index is 11.2. The first kappa shape index (κ1) is 14.9. The van der Waals surface area contributed by atoms with Gasteiger partial charge in [0, 0.05) is 0 Å². The van der Waals surface area contributed by atoms with E-state index >= 15 is 0 Å². The van der Waals surface area contributed by atoms with E-state index in [0.717, 1.165) is 12.8 Å². The first-order valence-electron chi connectivity index (χ1n) is 5.59. The SMILES string of the molecule is CCCC(C)C(C)(C)C(C)(C(=O)O)C(=O)O. The van der Waals surface area contributed by atoms with Crippen LogP contribution in [0.5, 0.6) is 0 Å². The molecule has 0 radical (unpaired) electrons. The average molecular weight is 230 g/mol. The second-order valence-corrected chi connectivity index (χ2v) is 5.15. The average Bonchev–Trinajstić information content (AvgIpc) is 2.15. The molecule has 0 saturated carbocycles. The van der Waals surface area contributed by atoms with Gasteiger partial charge in [-0.2, -0.15) is 0 Å². The molecule has 0 aliphatic carbocycles. The molecule has 0 saturated heterocycles. The lowest BCUT2D eigenvalue weighted by molar-refractivity contribution is -0.175. The molecule has 4 heteroatoms. The Kier molecular flexibility index (Phi) is 4.53. The second-order valence-electron chi connectivity index (χ2n) is 5.15. The molecule has 0 heterocycles. The molecule has 16 heavy (non-hydrogen) atoms. The third kappa shape index (κ3) is 2.20. The van der Waals surface area contributed by atoms with Crippen LogP contribution in [0.25, 0.3) is 0 Å². The largest absolute Gasteiger partial charge is 0.480 e. The summed E-state index contributed by atoms with van der Waals surface area (Å²) in [6.45, 7) is 8.65. The summed E-state index contributed by atoms with van der Waals surface area (Å²) in [5.41, 5.74) is -2.54. The van der Waals surface area contributed by atoms with Crippen LogP contribution in [-0.2, 0) is 9.59 Å². The Morgan fingerprint density at radius 1 is 1.12 bits per heavy atom. The summed E-state index contributed by atoms with van der Waals surface area (Å²) in [6, 6.07) is 0. The van der Waals surface area contributed by atoms with Gasteiger partial charge >= 0.3 is 11.9 Å². The van der Waals surface area contributed by atoms with Crippen LogP contribution in [0.3, 0.4) is 0 Å². The number of aliphatic carboxylic acids is 2. The van der Waals surface area contributed by atoms with Crippen LogP contribution < -0.4 is 0 Å². The Bertz CT molecular complexity index is 267. The van der Waals surface area contributed by atoms with Gasteiger partial charge in [0.05, 0.1) is 0 Å². The lowest BCUT2D eigenvalue weighted by Gasteiger charge is -2.42. The minimum Gasteiger partial charge on any atom is -0.480 e. The van der Waals surface area contributed by atoms with E-state index in [-0.39, 0.29) is 5.92 Å². The number of carbonyl (C=O) groups is 2. The third-order valence-corrected chi connectivity index (χ3v) is 4.10. The van der Waals surface area contributed by atoms with E-state index in [1.807, 2.05) is 13.8 Å². The van der Waals surface area contributed by atoms with Crippen molar-refractivity contribution in [2.45, 2.75) is 47.5 Å². The zero-order valence-corrected chi connectivity index (χ0v) is 10.7. The predicted molar refractivity (Wildman–Crippen MR) is 61.2 cm³/mol. The number of rotatable bonds is 6. The molecule has 0 bridgehead atoms. The summed E-state index contributed by atoms with van der Waals surface area (Å²) < 4.78 is 0. The van der Waals surface area contributed by atoms with E-state index in [9.17, 15) is 19.8 Å². The molecule has 0 rings (SSSR count). The van der Waals surface area contributed by atoms with Crippen molar-refractivity contribution in [1.29, 1.82) is 0 Å². The first-order chi connectivity index (χ1) is 7.12. The molecular formula is C12H22O4. The van der Waals surface area contributed by atoms with Gasteiger partial charge in [0.25, 0.3) is 0 Å². The van der Waals surface area contributed by atoms with Crippen LogP contribution in [0.15, 0.2) is 0 Å². The fraction of sp³-hybridized carbons (Fsp3) is 0.833. The van der Waals surface area contributed by atoms with Gasteiger partial charge in [-0.3, -0.25) is 9.59 Å². The monoisotopic (exact) mass is 230 g/mol. The number of hydrogen-bond acceptors (Lipinski definition) is 2. The van der Waals surface area contributed by atoms with E-state index in [0.29, 0.717) is 0 Å². The van der Waals surface area contributed by atoms with E-state index in [2.05, 4.69) is 0 Å². The van der Waals surface area contributed by atoms with E-state index in [1.165, 1.54) is 6.92 Å². The molecule has 0 aliphatic heterocycles. The Labute approximate surface area is 96.7 Å². The minimum absolute atomic E-state index is 0.0368. The van der Waals surface area contributed by atoms with Gasteiger partial charge < -0.3 is 10.2 Å². The van der Waals surface area contributed by atoms with E-state index in [4.69, 9.17) is 0 Å². The van der Waals surface area contributed by atoms with Crippen LogP contribution in [-0.4, -0.2) is 22.2 Å². The van der Waals surface area contributed by atoms with Crippen LogP contribution in [0.2, 0.25) is 0 Å². The summed E-state index contributed by atoms with van der Waals surface area (Å²) >= 11 is 0. The fourth-order valence-corrected chi connectivity index (χ4v) is 1.93. The van der Waals surface area contributed by atoms with E-state index < -0.39 is 22.8 Å². The molecule has 94 valence electrons. The van der Waals surface area contributed by atoms with Crippen molar-refractivity contribution in [2.75, 3.05) is 0 Å². The highest BCUT2D eigenvalue weighted by atomic mass is 16.4. The number of carboxylic acids is 2. The molecule has 1 atom stereocenters. The van der Waals surface area contributed by atoms with Crippen molar-refractivity contribution >= 4 is 11.9 Å². The molecule has 0 aromatic heterocycles. The van der Waals surface area contributed by atoms with Crippen molar-refractivity contribution < 1.29 is 19.8 Å². The minimum atomic E-state index is -1.75. The Morgan fingerprint density at radius 2 is 1.50 bits per heavy atom. The third-order valence-electron chi connectivity index (χ3n) is 4.10. The summed E-state index contributed by atoms with van der Waals surface area (Å²) in [4.78, 5) is 22.5. The first-order valence-corrected chi connectivity index (χ1v) is 5.59. The lowest BCUT2D eigenvalue weighted by atomic mass is 9.59. The summed E-state index contributed by atoms with van der Waals surface area (Å²) in [5, 5.41) is 18.3. The van der Waals surface area contributed by atoms with Crippen molar-refractivity contribution in [2.24, 2.45) is 16.7 Å².